The van der Waals surface area contributed by atoms with E-state index in [4.69, 9.17) is 4.42 Å². The summed E-state index contributed by atoms with van der Waals surface area (Å²) in [5.41, 5.74) is 2.41. The van der Waals surface area contributed by atoms with Crippen LogP contribution in [0, 0.1) is 13.8 Å². The summed E-state index contributed by atoms with van der Waals surface area (Å²) in [6.07, 6.45) is 3.27. The van der Waals surface area contributed by atoms with Crippen LogP contribution in [-0.2, 0) is 0 Å². The standard InChI is InChI=1S/C15H11BrN2O2/c1-8-6-18-12(7-17-8)15-9(2)14(19)11-5-10(16)3-4-13(11)20-15/h3-7H,1-2H3. The van der Waals surface area contributed by atoms with Gasteiger partial charge in [-0.2, -0.15) is 0 Å². The van der Waals surface area contributed by atoms with Crippen molar-refractivity contribution in [3.8, 4) is 11.5 Å². The number of rotatable bonds is 1. The first-order valence-electron chi connectivity index (χ1n) is 6.08. The Kier molecular flexibility index (Phi) is 3.14. The maximum absolute atomic E-state index is 12.4. The van der Waals surface area contributed by atoms with E-state index < -0.39 is 0 Å². The molecule has 3 aromatic rings. The lowest BCUT2D eigenvalue weighted by Crippen LogP contribution is -2.07. The molecule has 0 spiro atoms. The van der Waals surface area contributed by atoms with Gasteiger partial charge < -0.3 is 4.42 Å². The molecule has 0 saturated carbocycles. The summed E-state index contributed by atoms with van der Waals surface area (Å²) in [5, 5.41) is 0.556. The molecular formula is C15H11BrN2O2. The molecule has 2 heterocycles. The van der Waals surface area contributed by atoms with Crippen LogP contribution in [0.4, 0.5) is 0 Å². The topological polar surface area (TPSA) is 56.0 Å². The first kappa shape index (κ1) is 13.0. The van der Waals surface area contributed by atoms with E-state index in [0.29, 0.717) is 28.0 Å². The summed E-state index contributed by atoms with van der Waals surface area (Å²) in [6.45, 7) is 3.60. The van der Waals surface area contributed by atoms with Crippen LogP contribution in [0.5, 0.6) is 0 Å². The van der Waals surface area contributed by atoms with Gasteiger partial charge in [-0.3, -0.25) is 9.78 Å². The van der Waals surface area contributed by atoms with E-state index in [1.807, 2.05) is 13.0 Å². The Balaban J connectivity index is 2.32. The van der Waals surface area contributed by atoms with Crippen LogP contribution in [0.3, 0.4) is 0 Å². The fourth-order valence-electron chi connectivity index (χ4n) is 2.01. The number of nitrogens with zero attached hydrogens (tertiary/aromatic N) is 2. The van der Waals surface area contributed by atoms with E-state index in [0.717, 1.165) is 10.2 Å². The van der Waals surface area contributed by atoms with Crippen molar-refractivity contribution in [1.82, 2.24) is 9.97 Å². The molecule has 3 rings (SSSR count). The number of benzene rings is 1. The van der Waals surface area contributed by atoms with Crippen molar-refractivity contribution in [3.63, 3.8) is 0 Å². The van der Waals surface area contributed by atoms with Gasteiger partial charge in [-0.05, 0) is 32.0 Å². The highest BCUT2D eigenvalue weighted by Crippen LogP contribution is 2.25. The lowest BCUT2D eigenvalue weighted by atomic mass is 10.1. The average molecular weight is 331 g/mol. The molecule has 0 aliphatic carbocycles. The number of aryl methyl sites for hydroxylation is 1. The molecule has 0 aliphatic heterocycles. The summed E-state index contributed by atoms with van der Waals surface area (Å²) in [6, 6.07) is 5.37. The Labute approximate surface area is 123 Å². The molecule has 0 bridgehead atoms. The highest BCUT2D eigenvalue weighted by molar-refractivity contribution is 9.10. The third kappa shape index (κ3) is 2.14. The molecule has 0 fully saturated rings. The molecule has 0 atom stereocenters. The second-order valence-electron chi connectivity index (χ2n) is 4.57. The summed E-state index contributed by atoms with van der Waals surface area (Å²) in [5.74, 6) is 0.470. The number of fused-ring (bicyclic) bond motifs is 1. The van der Waals surface area contributed by atoms with Gasteiger partial charge in [0, 0.05) is 16.2 Å². The predicted molar refractivity (Wildman–Crippen MR) is 80.7 cm³/mol. The Morgan fingerprint density at radius 2 is 1.95 bits per heavy atom. The van der Waals surface area contributed by atoms with Crippen LogP contribution in [0.15, 0.2) is 44.3 Å². The largest absolute Gasteiger partial charge is 0.454 e. The quantitative estimate of drug-likeness (QED) is 0.683. The zero-order valence-corrected chi connectivity index (χ0v) is 12.6. The number of hydrogen-bond donors (Lipinski definition) is 0. The molecule has 0 amide bonds. The van der Waals surface area contributed by atoms with Crippen LogP contribution in [-0.4, -0.2) is 9.97 Å². The van der Waals surface area contributed by atoms with Gasteiger partial charge in [0.2, 0.25) is 0 Å². The second kappa shape index (κ2) is 4.83. The predicted octanol–water partition coefficient (Wildman–Crippen LogP) is 3.63. The van der Waals surface area contributed by atoms with E-state index in [1.165, 1.54) is 0 Å². The third-order valence-corrected chi connectivity index (χ3v) is 3.59. The number of hydrogen-bond acceptors (Lipinski definition) is 4. The average Bonchev–Trinajstić information content (AvgIpc) is 2.44. The fraction of sp³-hybridized carbons (Fsp3) is 0.133. The smallest absolute Gasteiger partial charge is 0.196 e. The van der Waals surface area contributed by atoms with E-state index in [1.54, 1.807) is 31.5 Å². The molecule has 0 radical (unpaired) electrons. The molecular weight excluding hydrogens is 320 g/mol. The Morgan fingerprint density at radius 3 is 2.65 bits per heavy atom. The maximum Gasteiger partial charge on any atom is 0.196 e. The minimum atomic E-state index is -0.0510. The molecule has 0 unspecified atom stereocenters. The van der Waals surface area contributed by atoms with Crippen molar-refractivity contribution >= 4 is 26.9 Å². The SMILES string of the molecule is Cc1cnc(-c2oc3ccc(Br)cc3c(=O)c2C)cn1. The zero-order chi connectivity index (χ0) is 14.3. The van der Waals surface area contributed by atoms with Crippen molar-refractivity contribution in [2.75, 3.05) is 0 Å². The summed E-state index contributed by atoms with van der Waals surface area (Å²) < 4.78 is 6.68. The number of aromatic nitrogens is 2. The maximum atomic E-state index is 12.4. The highest BCUT2D eigenvalue weighted by atomic mass is 79.9. The van der Waals surface area contributed by atoms with Gasteiger partial charge in [0.15, 0.2) is 11.2 Å². The van der Waals surface area contributed by atoms with Gasteiger partial charge in [-0.25, -0.2) is 4.98 Å². The fourth-order valence-corrected chi connectivity index (χ4v) is 2.38. The van der Waals surface area contributed by atoms with Crippen LogP contribution >= 0.6 is 15.9 Å². The second-order valence-corrected chi connectivity index (χ2v) is 5.48. The lowest BCUT2D eigenvalue weighted by molar-refractivity contribution is 0.610. The molecule has 100 valence electrons. The molecule has 0 N–H and O–H groups in total. The van der Waals surface area contributed by atoms with Gasteiger partial charge in [0.25, 0.3) is 0 Å². The van der Waals surface area contributed by atoms with Crippen LogP contribution in [0.1, 0.15) is 11.3 Å². The van der Waals surface area contributed by atoms with Crippen molar-refractivity contribution < 1.29 is 4.42 Å². The number of halogens is 1. The Bertz CT molecular complexity index is 854. The molecule has 2 aromatic heterocycles. The monoisotopic (exact) mass is 330 g/mol. The van der Waals surface area contributed by atoms with Gasteiger partial charge >= 0.3 is 0 Å². The van der Waals surface area contributed by atoms with Crippen LogP contribution < -0.4 is 5.43 Å². The van der Waals surface area contributed by atoms with E-state index in [9.17, 15) is 4.79 Å². The molecule has 4 nitrogen and oxygen atoms in total. The minimum Gasteiger partial charge on any atom is -0.454 e. The first-order chi connectivity index (χ1) is 9.56. The van der Waals surface area contributed by atoms with Crippen molar-refractivity contribution in [2.24, 2.45) is 0 Å². The highest BCUT2D eigenvalue weighted by Gasteiger charge is 2.14. The molecule has 20 heavy (non-hydrogen) atoms. The third-order valence-electron chi connectivity index (χ3n) is 3.09. The van der Waals surface area contributed by atoms with Gasteiger partial charge in [0.05, 0.1) is 17.3 Å². The zero-order valence-electron chi connectivity index (χ0n) is 11.0. The van der Waals surface area contributed by atoms with Crippen molar-refractivity contribution in [1.29, 1.82) is 0 Å². The lowest BCUT2D eigenvalue weighted by Gasteiger charge is -2.06. The molecule has 5 heteroatoms. The van der Waals surface area contributed by atoms with E-state index >= 15 is 0 Å². The summed E-state index contributed by atoms with van der Waals surface area (Å²) in [7, 11) is 0. The molecule has 0 aliphatic rings. The Hall–Kier alpha value is -2.01. The van der Waals surface area contributed by atoms with Gasteiger partial charge in [0.1, 0.15) is 11.3 Å². The van der Waals surface area contributed by atoms with E-state index in [-0.39, 0.29) is 5.43 Å². The minimum absolute atomic E-state index is 0.0510. The summed E-state index contributed by atoms with van der Waals surface area (Å²) >= 11 is 3.36. The van der Waals surface area contributed by atoms with Crippen molar-refractivity contribution in [2.45, 2.75) is 13.8 Å². The molecule has 0 saturated heterocycles. The van der Waals surface area contributed by atoms with Crippen molar-refractivity contribution in [3.05, 3.63) is 56.5 Å². The first-order valence-corrected chi connectivity index (χ1v) is 6.87. The molecule has 1 aromatic carbocycles. The van der Waals surface area contributed by atoms with Crippen LogP contribution in [0.2, 0.25) is 0 Å². The normalized spacial score (nSPS) is 10.9. The van der Waals surface area contributed by atoms with Crippen LogP contribution in [0.25, 0.3) is 22.4 Å². The van der Waals surface area contributed by atoms with Gasteiger partial charge in [-0.15, -0.1) is 0 Å². The summed E-state index contributed by atoms with van der Waals surface area (Å²) in [4.78, 5) is 20.9. The van der Waals surface area contributed by atoms with E-state index in [2.05, 4.69) is 25.9 Å². The Morgan fingerprint density at radius 1 is 1.15 bits per heavy atom. The van der Waals surface area contributed by atoms with Gasteiger partial charge in [-0.1, -0.05) is 15.9 Å².